The number of benzene rings is 3. The molecule has 0 fully saturated rings. The molecule has 0 spiro atoms. The van der Waals surface area contributed by atoms with Gasteiger partial charge in [-0.15, -0.1) is 10.2 Å². The maximum Gasteiger partial charge on any atom is 0.230 e. The first-order chi connectivity index (χ1) is 16.1. The molecule has 1 unspecified atom stereocenters. The smallest absolute Gasteiger partial charge is 0.230 e. The van der Waals surface area contributed by atoms with Gasteiger partial charge in [-0.1, -0.05) is 66.4 Å². The minimum Gasteiger partial charge on any atom is -0.497 e. The van der Waals surface area contributed by atoms with E-state index in [9.17, 15) is 4.79 Å². The summed E-state index contributed by atoms with van der Waals surface area (Å²) in [6.45, 7) is 1.92. The highest BCUT2D eigenvalue weighted by atomic mass is 32.2. The van der Waals surface area contributed by atoms with Crippen LogP contribution in [0.4, 0.5) is 0 Å². The van der Waals surface area contributed by atoms with Crippen LogP contribution in [0.2, 0.25) is 0 Å². The molecule has 168 valence electrons. The van der Waals surface area contributed by atoms with Gasteiger partial charge in [0.2, 0.25) is 5.91 Å². The summed E-state index contributed by atoms with van der Waals surface area (Å²) in [4.78, 5) is 12.7. The number of nitrogens with zero attached hydrogens (tertiary/aromatic N) is 2. The fourth-order valence-electron chi connectivity index (χ4n) is 3.67. The zero-order valence-electron chi connectivity index (χ0n) is 18.7. The first-order valence-electron chi connectivity index (χ1n) is 10.6. The number of hydrogen-bond donors (Lipinski definition) is 1. The second-order valence-corrected chi connectivity index (χ2v) is 8.42. The van der Waals surface area contributed by atoms with Crippen molar-refractivity contribution >= 4 is 28.4 Å². The summed E-state index contributed by atoms with van der Waals surface area (Å²) in [5, 5.41) is 14.7. The lowest BCUT2D eigenvalue weighted by molar-refractivity contribution is -0.119. The van der Waals surface area contributed by atoms with Crippen LogP contribution in [0.25, 0.3) is 22.0 Å². The lowest BCUT2D eigenvalue weighted by atomic mass is 10.1. The number of hydrogen-bond acceptors (Lipinski definition) is 6. The fourth-order valence-corrected chi connectivity index (χ4v) is 4.45. The molecule has 0 saturated carbocycles. The Balaban J connectivity index is 1.50. The summed E-state index contributed by atoms with van der Waals surface area (Å²) >= 11 is 1.38. The Bertz CT molecular complexity index is 1260. The van der Waals surface area contributed by atoms with Gasteiger partial charge in [0.05, 0.1) is 26.0 Å². The van der Waals surface area contributed by atoms with Crippen molar-refractivity contribution in [1.82, 2.24) is 15.5 Å². The number of aromatic nitrogens is 2. The zero-order chi connectivity index (χ0) is 23.2. The molecule has 0 aliphatic heterocycles. The van der Waals surface area contributed by atoms with Gasteiger partial charge in [-0.05, 0) is 25.1 Å². The number of nitrogens with one attached hydrogen (secondary N) is 1. The van der Waals surface area contributed by atoms with Crippen LogP contribution in [-0.4, -0.2) is 36.1 Å². The average Bonchev–Trinajstić information content (AvgIpc) is 2.87. The van der Waals surface area contributed by atoms with E-state index in [2.05, 4.69) is 15.5 Å². The molecule has 1 aromatic heterocycles. The number of ether oxygens (including phenoxy) is 2. The van der Waals surface area contributed by atoms with Crippen LogP contribution in [0.5, 0.6) is 11.5 Å². The summed E-state index contributed by atoms with van der Waals surface area (Å²) in [6.07, 6.45) is 0. The van der Waals surface area contributed by atoms with Crippen molar-refractivity contribution in [1.29, 1.82) is 0 Å². The van der Waals surface area contributed by atoms with Crippen molar-refractivity contribution in [2.24, 2.45) is 0 Å². The van der Waals surface area contributed by atoms with Crippen LogP contribution in [0.1, 0.15) is 18.5 Å². The molecule has 33 heavy (non-hydrogen) atoms. The minimum atomic E-state index is -0.244. The molecular weight excluding hydrogens is 434 g/mol. The number of amides is 1. The topological polar surface area (TPSA) is 73.3 Å². The number of carbonyl (C=O) groups is 1. The van der Waals surface area contributed by atoms with Gasteiger partial charge in [0.15, 0.2) is 0 Å². The standard InChI is InChI=1S/C26H25N3O3S/c1-17(22-15-19(31-2)13-14-23(22)32-3)27-24(30)16-33-26-21-12-8-7-11-20(21)25(28-29-26)18-9-5-4-6-10-18/h4-15,17H,16H2,1-3H3,(H,27,30). The zero-order valence-corrected chi connectivity index (χ0v) is 19.6. The molecule has 0 saturated heterocycles. The average molecular weight is 460 g/mol. The quantitative estimate of drug-likeness (QED) is 0.361. The number of methoxy groups -OCH3 is 2. The van der Waals surface area contributed by atoms with Crippen LogP contribution in [0.15, 0.2) is 77.8 Å². The van der Waals surface area contributed by atoms with Crippen LogP contribution in [0, 0.1) is 0 Å². The predicted molar refractivity (Wildman–Crippen MR) is 132 cm³/mol. The molecule has 0 bridgehead atoms. The SMILES string of the molecule is COc1ccc(OC)c(C(C)NC(=O)CSc2nnc(-c3ccccc3)c3ccccc23)c1. The Morgan fingerprint density at radius 2 is 1.67 bits per heavy atom. The summed E-state index contributed by atoms with van der Waals surface area (Å²) in [7, 11) is 3.22. The van der Waals surface area contributed by atoms with E-state index in [1.165, 1.54) is 11.8 Å². The van der Waals surface area contributed by atoms with E-state index in [0.29, 0.717) is 11.5 Å². The molecule has 4 aromatic rings. The molecule has 4 rings (SSSR count). The van der Waals surface area contributed by atoms with Crippen LogP contribution in [-0.2, 0) is 4.79 Å². The third-order valence-electron chi connectivity index (χ3n) is 5.32. The van der Waals surface area contributed by atoms with E-state index >= 15 is 0 Å². The predicted octanol–water partition coefficient (Wildman–Crippen LogP) is 5.28. The van der Waals surface area contributed by atoms with Crippen molar-refractivity contribution in [3.63, 3.8) is 0 Å². The Morgan fingerprint density at radius 3 is 2.39 bits per heavy atom. The molecule has 6 nitrogen and oxygen atoms in total. The van der Waals surface area contributed by atoms with Gasteiger partial charge in [0.25, 0.3) is 0 Å². The highest BCUT2D eigenvalue weighted by Gasteiger charge is 2.17. The number of rotatable bonds is 8. The van der Waals surface area contributed by atoms with E-state index in [-0.39, 0.29) is 17.7 Å². The van der Waals surface area contributed by atoms with E-state index in [4.69, 9.17) is 9.47 Å². The second-order valence-electron chi connectivity index (χ2n) is 7.45. The minimum absolute atomic E-state index is 0.101. The van der Waals surface area contributed by atoms with Crippen molar-refractivity contribution < 1.29 is 14.3 Å². The third-order valence-corrected chi connectivity index (χ3v) is 6.30. The van der Waals surface area contributed by atoms with Crippen molar-refractivity contribution in [2.45, 2.75) is 18.0 Å². The monoisotopic (exact) mass is 459 g/mol. The second kappa shape index (κ2) is 10.4. The fraction of sp³-hybridized carbons (Fsp3) is 0.192. The summed E-state index contributed by atoms with van der Waals surface area (Å²) in [5.74, 6) is 1.53. The van der Waals surface area contributed by atoms with Gasteiger partial charge in [-0.3, -0.25) is 4.79 Å². The van der Waals surface area contributed by atoms with E-state index < -0.39 is 0 Å². The molecule has 0 radical (unpaired) electrons. The molecule has 3 aromatic carbocycles. The van der Waals surface area contributed by atoms with Crippen molar-refractivity contribution in [3.8, 4) is 22.8 Å². The third kappa shape index (κ3) is 5.09. The summed E-state index contributed by atoms with van der Waals surface area (Å²) < 4.78 is 10.8. The van der Waals surface area contributed by atoms with Gasteiger partial charge in [-0.25, -0.2) is 0 Å². The van der Waals surface area contributed by atoms with Gasteiger partial charge < -0.3 is 14.8 Å². The maximum atomic E-state index is 12.7. The van der Waals surface area contributed by atoms with Crippen molar-refractivity contribution in [3.05, 3.63) is 78.4 Å². The van der Waals surface area contributed by atoms with E-state index in [1.54, 1.807) is 14.2 Å². The number of thioether (sulfide) groups is 1. The highest BCUT2D eigenvalue weighted by Crippen LogP contribution is 2.32. The maximum absolute atomic E-state index is 12.7. The lowest BCUT2D eigenvalue weighted by Gasteiger charge is -2.18. The van der Waals surface area contributed by atoms with Crippen LogP contribution >= 0.6 is 11.8 Å². The lowest BCUT2D eigenvalue weighted by Crippen LogP contribution is -2.28. The Morgan fingerprint density at radius 1 is 0.939 bits per heavy atom. The summed E-state index contributed by atoms with van der Waals surface area (Å²) in [5.41, 5.74) is 2.70. The van der Waals surface area contributed by atoms with E-state index in [1.807, 2.05) is 79.7 Å². The Labute approximate surface area is 197 Å². The molecule has 1 N–H and O–H groups in total. The molecule has 1 heterocycles. The van der Waals surface area contributed by atoms with Gasteiger partial charge >= 0.3 is 0 Å². The molecule has 7 heteroatoms. The number of carbonyl (C=O) groups excluding carboxylic acids is 1. The highest BCUT2D eigenvalue weighted by molar-refractivity contribution is 8.00. The van der Waals surface area contributed by atoms with Crippen LogP contribution < -0.4 is 14.8 Å². The Hall–Kier alpha value is -3.58. The number of fused-ring (bicyclic) bond motifs is 1. The van der Waals surface area contributed by atoms with Gasteiger partial charge in [-0.2, -0.15) is 0 Å². The normalized spacial score (nSPS) is 11.7. The Kier molecular flexibility index (Phi) is 7.10. The van der Waals surface area contributed by atoms with Gasteiger partial charge in [0.1, 0.15) is 22.2 Å². The largest absolute Gasteiger partial charge is 0.497 e. The van der Waals surface area contributed by atoms with Crippen molar-refractivity contribution in [2.75, 3.05) is 20.0 Å². The van der Waals surface area contributed by atoms with Crippen LogP contribution in [0.3, 0.4) is 0 Å². The molecular formula is C26H25N3O3S. The van der Waals surface area contributed by atoms with Gasteiger partial charge in [0, 0.05) is 21.9 Å². The summed E-state index contributed by atoms with van der Waals surface area (Å²) in [6, 6.07) is 23.3. The first kappa shape index (κ1) is 22.6. The first-order valence-corrected chi connectivity index (χ1v) is 11.5. The molecule has 1 atom stereocenters. The molecule has 1 amide bonds. The van der Waals surface area contributed by atoms with E-state index in [0.717, 1.165) is 32.6 Å². The molecule has 0 aliphatic rings. The molecule has 0 aliphatic carbocycles.